The van der Waals surface area contributed by atoms with Crippen LogP contribution in [0.4, 0.5) is 0 Å². The minimum Gasteiger partial charge on any atom is -0.465 e. The SMILES string of the molecule is CCCCCCCCOC(=O)C(C(=O)CC)c1ccccc1. The molecule has 3 nitrogen and oxygen atoms in total. The van der Waals surface area contributed by atoms with Gasteiger partial charge in [0, 0.05) is 6.42 Å². The summed E-state index contributed by atoms with van der Waals surface area (Å²) in [7, 11) is 0. The van der Waals surface area contributed by atoms with Crippen LogP contribution in [0.25, 0.3) is 0 Å². The van der Waals surface area contributed by atoms with Crippen LogP contribution >= 0.6 is 0 Å². The second-order valence-electron chi connectivity index (χ2n) is 5.60. The maximum absolute atomic E-state index is 12.2. The van der Waals surface area contributed by atoms with E-state index in [2.05, 4.69) is 6.92 Å². The van der Waals surface area contributed by atoms with E-state index < -0.39 is 11.9 Å². The molecule has 0 aromatic heterocycles. The highest BCUT2D eigenvalue weighted by atomic mass is 16.5. The molecule has 1 aromatic carbocycles. The number of esters is 1. The fourth-order valence-electron chi connectivity index (χ4n) is 2.44. The summed E-state index contributed by atoms with van der Waals surface area (Å²) < 4.78 is 5.33. The van der Waals surface area contributed by atoms with E-state index in [9.17, 15) is 9.59 Å². The molecule has 1 atom stereocenters. The molecule has 0 amide bonds. The number of carbonyl (C=O) groups excluding carboxylic acids is 2. The van der Waals surface area contributed by atoms with Crippen molar-refractivity contribution < 1.29 is 14.3 Å². The first kappa shape index (κ1) is 18.4. The number of unbranched alkanes of at least 4 members (excludes halogenated alkanes) is 5. The summed E-state index contributed by atoms with van der Waals surface area (Å²) >= 11 is 0. The monoisotopic (exact) mass is 304 g/mol. The largest absolute Gasteiger partial charge is 0.465 e. The molecule has 0 aliphatic carbocycles. The molecule has 0 N–H and O–H groups in total. The molecule has 0 aliphatic rings. The number of ether oxygens (including phenoxy) is 1. The van der Waals surface area contributed by atoms with E-state index in [0.29, 0.717) is 13.0 Å². The molecular weight excluding hydrogens is 276 g/mol. The van der Waals surface area contributed by atoms with Gasteiger partial charge in [0.25, 0.3) is 0 Å². The molecule has 0 spiro atoms. The van der Waals surface area contributed by atoms with Crippen LogP contribution in [0.15, 0.2) is 30.3 Å². The van der Waals surface area contributed by atoms with Gasteiger partial charge in [-0.05, 0) is 12.0 Å². The predicted octanol–water partition coefficient (Wildman–Crippen LogP) is 4.65. The molecule has 0 fully saturated rings. The van der Waals surface area contributed by atoms with Crippen molar-refractivity contribution in [2.45, 2.75) is 64.7 Å². The van der Waals surface area contributed by atoms with Crippen molar-refractivity contribution in [2.75, 3.05) is 6.61 Å². The van der Waals surface area contributed by atoms with Gasteiger partial charge in [0.2, 0.25) is 0 Å². The summed E-state index contributed by atoms with van der Waals surface area (Å²) in [5, 5.41) is 0. The molecule has 1 aromatic rings. The summed E-state index contributed by atoms with van der Waals surface area (Å²) in [4.78, 5) is 24.3. The Balaban J connectivity index is 2.43. The van der Waals surface area contributed by atoms with Crippen LogP contribution < -0.4 is 0 Å². The van der Waals surface area contributed by atoms with Gasteiger partial charge >= 0.3 is 5.97 Å². The van der Waals surface area contributed by atoms with Crippen LogP contribution in [0.5, 0.6) is 0 Å². The van der Waals surface area contributed by atoms with Gasteiger partial charge in [-0.2, -0.15) is 0 Å². The van der Waals surface area contributed by atoms with E-state index in [1.807, 2.05) is 30.3 Å². The number of rotatable bonds is 11. The molecule has 1 rings (SSSR count). The molecule has 0 bridgehead atoms. The molecule has 122 valence electrons. The van der Waals surface area contributed by atoms with E-state index in [1.165, 1.54) is 25.7 Å². The highest BCUT2D eigenvalue weighted by molar-refractivity contribution is 6.04. The van der Waals surface area contributed by atoms with Crippen molar-refractivity contribution in [1.29, 1.82) is 0 Å². The second-order valence-corrected chi connectivity index (χ2v) is 5.60. The summed E-state index contributed by atoms with van der Waals surface area (Å²) in [5.74, 6) is -1.27. The first-order valence-corrected chi connectivity index (χ1v) is 8.45. The van der Waals surface area contributed by atoms with Crippen LogP contribution in [-0.4, -0.2) is 18.4 Å². The molecule has 3 heteroatoms. The Kier molecular flexibility index (Phi) is 9.20. The normalized spacial score (nSPS) is 11.9. The lowest BCUT2D eigenvalue weighted by Crippen LogP contribution is -2.24. The summed E-state index contributed by atoms with van der Waals surface area (Å²) in [6.07, 6.45) is 7.20. The maximum atomic E-state index is 12.2. The van der Waals surface area contributed by atoms with Crippen molar-refractivity contribution in [1.82, 2.24) is 0 Å². The van der Waals surface area contributed by atoms with Gasteiger partial charge in [-0.1, -0.05) is 76.3 Å². The summed E-state index contributed by atoms with van der Waals surface area (Å²) in [6.45, 7) is 4.38. The molecule has 22 heavy (non-hydrogen) atoms. The summed E-state index contributed by atoms with van der Waals surface area (Å²) in [5.41, 5.74) is 0.724. The lowest BCUT2D eigenvalue weighted by molar-refractivity contribution is -0.148. The second kappa shape index (κ2) is 11.0. The topological polar surface area (TPSA) is 43.4 Å². The van der Waals surface area contributed by atoms with E-state index in [0.717, 1.165) is 18.4 Å². The van der Waals surface area contributed by atoms with Gasteiger partial charge in [-0.3, -0.25) is 9.59 Å². The lowest BCUT2D eigenvalue weighted by Gasteiger charge is -2.14. The van der Waals surface area contributed by atoms with Crippen molar-refractivity contribution in [3.8, 4) is 0 Å². The quantitative estimate of drug-likeness (QED) is 0.339. The lowest BCUT2D eigenvalue weighted by atomic mass is 9.93. The number of Topliss-reactive ketones (excluding diaryl/α,β-unsaturated/α-hetero) is 1. The van der Waals surface area contributed by atoms with Crippen molar-refractivity contribution in [2.24, 2.45) is 0 Å². The Morgan fingerprint density at radius 1 is 0.955 bits per heavy atom. The third-order valence-corrected chi connectivity index (χ3v) is 3.78. The van der Waals surface area contributed by atoms with Gasteiger partial charge in [-0.15, -0.1) is 0 Å². The van der Waals surface area contributed by atoms with Gasteiger partial charge < -0.3 is 4.74 Å². The fourth-order valence-corrected chi connectivity index (χ4v) is 2.44. The highest BCUT2D eigenvalue weighted by Gasteiger charge is 2.28. The van der Waals surface area contributed by atoms with Crippen LogP contribution in [0.3, 0.4) is 0 Å². The van der Waals surface area contributed by atoms with E-state index >= 15 is 0 Å². The minimum atomic E-state index is -0.772. The highest BCUT2D eigenvalue weighted by Crippen LogP contribution is 2.20. The van der Waals surface area contributed by atoms with Gasteiger partial charge in [-0.25, -0.2) is 0 Å². The first-order chi connectivity index (χ1) is 10.7. The number of benzene rings is 1. The van der Waals surface area contributed by atoms with Crippen LogP contribution in [0.1, 0.15) is 70.3 Å². The van der Waals surface area contributed by atoms with Crippen molar-refractivity contribution in [3.63, 3.8) is 0 Å². The van der Waals surface area contributed by atoms with Crippen LogP contribution in [0.2, 0.25) is 0 Å². The average Bonchev–Trinajstić information content (AvgIpc) is 2.55. The fraction of sp³-hybridized carbons (Fsp3) is 0.579. The molecule has 0 aliphatic heterocycles. The van der Waals surface area contributed by atoms with Gasteiger partial charge in [0.05, 0.1) is 6.61 Å². The predicted molar refractivity (Wildman–Crippen MR) is 88.8 cm³/mol. The van der Waals surface area contributed by atoms with E-state index in [4.69, 9.17) is 4.74 Å². The zero-order valence-electron chi connectivity index (χ0n) is 13.8. The van der Waals surface area contributed by atoms with E-state index in [1.54, 1.807) is 6.92 Å². The maximum Gasteiger partial charge on any atom is 0.321 e. The zero-order valence-corrected chi connectivity index (χ0v) is 13.8. The third kappa shape index (κ3) is 6.42. The number of ketones is 1. The Labute approximate surface area is 134 Å². The number of hydrogen-bond acceptors (Lipinski definition) is 3. The van der Waals surface area contributed by atoms with E-state index in [-0.39, 0.29) is 5.78 Å². The molecule has 0 saturated carbocycles. The Bertz CT molecular complexity index is 439. The van der Waals surface area contributed by atoms with Gasteiger partial charge in [0.15, 0.2) is 5.78 Å². The molecular formula is C19H28O3. The Hall–Kier alpha value is -1.64. The molecule has 0 heterocycles. The average molecular weight is 304 g/mol. The molecule has 0 saturated heterocycles. The Morgan fingerprint density at radius 3 is 2.23 bits per heavy atom. The molecule has 0 radical (unpaired) electrons. The summed E-state index contributed by atoms with van der Waals surface area (Å²) in [6, 6.07) is 9.17. The number of carbonyl (C=O) groups is 2. The minimum absolute atomic E-state index is 0.0841. The third-order valence-electron chi connectivity index (χ3n) is 3.78. The van der Waals surface area contributed by atoms with Gasteiger partial charge in [0.1, 0.15) is 5.92 Å². The zero-order chi connectivity index (χ0) is 16.2. The number of hydrogen-bond donors (Lipinski definition) is 0. The Morgan fingerprint density at radius 2 is 1.59 bits per heavy atom. The van der Waals surface area contributed by atoms with Crippen molar-refractivity contribution in [3.05, 3.63) is 35.9 Å². The van der Waals surface area contributed by atoms with Crippen molar-refractivity contribution >= 4 is 11.8 Å². The first-order valence-electron chi connectivity index (χ1n) is 8.45. The van der Waals surface area contributed by atoms with Crippen LogP contribution in [-0.2, 0) is 14.3 Å². The molecule has 1 unspecified atom stereocenters. The smallest absolute Gasteiger partial charge is 0.321 e. The standard InChI is InChI=1S/C19H28O3/c1-3-5-6-7-8-12-15-22-19(21)18(17(20)4-2)16-13-10-9-11-14-16/h9-11,13-14,18H,3-8,12,15H2,1-2H3. The van der Waals surface area contributed by atoms with Crippen LogP contribution in [0, 0.1) is 0 Å².